The van der Waals surface area contributed by atoms with Crippen molar-refractivity contribution in [2.24, 2.45) is 0 Å². The van der Waals surface area contributed by atoms with Gasteiger partial charge in [0, 0.05) is 37.9 Å². The number of aryl methyl sites for hydroxylation is 1. The van der Waals surface area contributed by atoms with E-state index >= 15 is 0 Å². The van der Waals surface area contributed by atoms with Crippen molar-refractivity contribution >= 4 is 5.91 Å². The molecule has 0 aliphatic rings. The number of hydrogen-bond acceptors (Lipinski definition) is 4. The summed E-state index contributed by atoms with van der Waals surface area (Å²) >= 11 is 0. The third kappa shape index (κ3) is 4.74. The number of hydrogen-bond donors (Lipinski definition) is 2. The number of nitrogens with one attached hydrogen (secondary N) is 2. The number of aromatic nitrogens is 2. The van der Waals surface area contributed by atoms with E-state index in [4.69, 9.17) is 0 Å². The minimum Gasteiger partial charge on any atom is -0.350 e. The fourth-order valence-corrected chi connectivity index (χ4v) is 2.77. The zero-order valence-corrected chi connectivity index (χ0v) is 14.7. The fourth-order valence-electron chi connectivity index (χ4n) is 2.77. The number of carbonyl (C=O) groups excluding carboxylic acids is 1. The normalized spacial score (nSPS) is 11.7. The van der Waals surface area contributed by atoms with Crippen molar-refractivity contribution in [1.82, 2.24) is 20.6 Å². The molecule has 26 heavy (non-hydrogen) atoms. The van der Waals surface area contributed by atoms with Crippen LogP contribution in [0, 0.1) is 6.92 Å². The fraction of sp³-hybridized carbons (Fsp3) is 0.190. The molecule has 2 N–H and O–H groups in total. The van der Waals surface area contributed by atoms with Crippen molar-refractivity contribution in [3.8, 4) is 0 Å². The molecule has 0 bridgehead atoms. The number of nitrogens with zero attached hydrogens (tertiary/aromatic N) is 2. The lowest BCUT2D eigenvalue weighted by Gasteiger charge is -2.21. The molecule has 0 radical (unpaired) electrons. The molecule has 132 valence electrons. The van der Waals surface area contributed by atoms with E-state index in [1.165, 1.54) is 0 Å². The Labute approximate surface area is 153 Å². The van der Waals surface area contributed by atoms with Crippen LogP contribution >= 0.6 is 0 Å². The summed E-state index contributed by atoms with van der Waals surface area (Å²) < 4.78 is 0. The van der Waals surface area contributed by atoms with Crippen LogP contribution in [0.25, 0.3) is 0 Å². The van der Waals surface area contributed by atoms with Crippen LogP contribution in [0.1, 0.15) is 28.3 Å². The van der Waals surface area contributed by atoms with E-state index in [9.17, 15) is 4.79 Å². The Balaban J connectivity index is 1.73. The summed E-state index contributed by atoms with van der Waals surface area (Å²) in [5, 5.41) is 6.38. The Kier molecular flexibility index (Phi) is 6.06. The highest BCUT2D eigenvalue weighted by Crippen LogP contribution is 2.18. The maximum absolute atomic E-state index is 12.9. The SMILES string of the molecule is Cc1ccccc1C(NCc1ccncc1)C(=O)NCc1cccnc1. The third-order valence-electron chi connectivity index (χ3n) is 4.21. The molecule has 0 fully saturated rings. The van der Waals surface area contributed by atoms with E-state index in [-0.39, 0.29) is 5.91 Å². The van der Waals surface area contributed by atoms with Crippen molar-refractivity contribution in [3.05, 3.63) is 95.6 Å². The van der Waals surface area contributed by atoms with E-state index in [0.29, 0.717) is 13.1 Å². The van der Waals surface area contributed by atoms with Crippen molar-refractivity contribution in [2.75, 3.05) is 0 Å². The quantitative estimate of drug-likeness (QED) is 0.690. The topological polar surface area (TPSA) is 66.9 Å². The van der Waals surface area contributed by atoms with Crippen LogP contribution in [0.15, 0.2) is 73.3 Å². The van der Waals surface area contributed by atoms with Gasteiger partial charge in [-0.3, -0.25) is 20.1 Å². The summed E-state index contributed by atoms with van der Waals surface area (Å²) in [7, 11) is 0. The van der Waals surface area contributed by atoms with E-state index in [0.717, 1.165) is 22.3 Å². The minimum absolute atomic E-state index is 0.0581. The first-order valence-corrected chi connectivity index (χ1v) is 8.58. The van der Waals surface area contributed by atoms with Crippen LogP contribution < -0.4 is 10.6 Å². The molecule has 1 unspecified atom stereocenters. The van der Waals surface area contributed by atoms with Gasteiger partial charge in [-0.2, -0.15) is 0 Å². The van der Waals surface area contributed by atoms with Gasteiger partial charge in [0.05, 0.1) is 0 Å². The molecule has 3 aromatic rings. The molecule has 0 saturated carbocycles. The van der Waals surface area contributed by atoms with E-state index in [1.54, 1.807) is 24.8 Å². The molecule has 1 amide bonds. The van der Waals surface area contributed by atoms with E-state index in [1.807, 2.05) is 55.5 Å². The molecule has 0 spiro atoms. The highest BCUT2D eigenvalue weighted by Gasteiger charge is 2.21. The molecule has 3 rings (SSSR count). The monoisotopic (exact) mass is 346 g/mol. The van der Waals surface area contributed by atoms with Gasteiger partial charge in [0.1, 0.15) is 6.04 Å². The maximum atomic E-state index is 12.9. The number of rotatable bonds is 7. The number of carbonyl (C=O) groups is 1. The second kappa shape index (κ2) is 8.87. The van der Waals surface area contributed by atoms with Gasteiger partial charge in [0.15, 0.2) is 0 Å². The predicted molar refractivity (Wildman–Crippen MR) is 101 cm³/mol. The van der Waals surface area contributed by atoms with Gasteiger partial charge in [-0.15, -0.1) is 0 Å². The standard InChI is InChI=1S/C21H22N4O/c1-16-5-2-3-7-19(16)20(24-14-17-8-11-22-12-9-17)21(26)25-15-18-6-4-10-23-13-18/h2-13,20,24H,14-15H2,1H3,(H,25,26). The van der Waals surface area contributed by atoms with Gasteiger partial charge in [-0.05, 0) is 47.4 Å². The lowest BCUT2D eigenvalue weighted by molar-refractivity contribution is -0.123. The zero-order valence-electron chi connectivity index (χ0n) is 14.7. The molecular formula is C21H22N4O. The van der Waals surface area contributed by atoms with Crippen molar-refractivity contribution in [2.45, 2.75) is 26.1 Å². The van der Waals surface area contributed by atoms with E-state index < -0.39 is 6.04 Å². The number of benzene rings is 1. The molecule has 5 nitrogen and oxygen atoms in total. The molecule has 2 heterocycles. The molecule has 0 saturated heterocycles. The predicted octanol–water partition coefficient (Wildman–Crippen LogP) is 2.93. The van der Waals surface area contributed by atoms with Crippen LogP contribution in [-0.2, 0) is 17.9 Å². The summed E-state index contributed by atoms with van der Waals surface area (Å²) in [6, 6.07) is 15.2. The number of pyridine rings is 2. The van der Waals surface area contributed by atoms with Gasteiger partial charge >= 0.3 is 0 Å². The lowest BCUT2D eigenvalue weighted by Crippen LogP contribution is -2.37. The van der Waals surface area contributed by atoms with Gasteiger partial charge in [0.2, 0.25) is 5.91 Å². The summed E-state index contributed by atoms with van der Waals surface area (Å²) in [6.45, 7) is 3.05. The van der Waals surface area contributed by atoms with Crippen LogP contribution in [-0.4, -0.2) is 15.9 Å². The summed E-state index contributed by atoms with van der Waals surface area (Å²) in [5.74, 6) is -0.0581. The Hall–Kier alpha value is -3.05. The van der Waals surface area contributed by atoms with Crippen molar-refractivity contribution < 1.29 is 4.79 Å². The van der Waals surface area contributed by atoms with Gasteiger partial charge in [-0.1, -0.05) is 30.3 Å². The van der Waals surface area contributed by atoms with Crippen LogP contribution in [0.3, 0.4) is 0 Å². The van der Waals surface area contributed by atoms with Crippen LogP contribution in [0.2, 0.25) is 0 Å². The zero-order chi connectivity index (χ0) is 18.2. The molecule has 5 heteroatoms. The first-order valence-electron chi connectivity index (χ1n) is 8.58. The van der Waals surface area contributed by atoms with E-state index in [2.05, 4.69) is 20.6 Å². The number of amides is 1. The average Bonchev–Trinajstić information content (AvgIpc) is 2.69. The molecule has 1 atom stereocenters. The molecule has 2 aromatic heterocycles. The molecule has 0 aliphatic heterocycles. The Morgan fingerprint density at radius 2 is 1.73 bits per heavy atom. The van der Waals surface area contributed by atoms with Gasteiger partial charge in [-0.25, -0.2) is 0 Å². The Bertz CT molecular complexity index is 837. The lowest BCUT2D eigenvalue weighted by atomic mass is 10.00. The summed E-state index contributed by atoms with van der Waals surface area (Å²) in [6.07, 6.45) is 6.98. The van der Waals surface area contributed by atoms with Crippen molar-refractivity contribution in [3.63, 3.8) is 0 Å². The first-order chi connectivity index (χ1) is 12.7. The van der Waals surface area contributed by atoms with Gasteiger partial charge in [0.25, 0.3) is 0 Å². The molecule has 0 aliphatic carbocycles. The second-order valence-corrected chi connectivity index (χ2v) is 6.11. The highest BCUT2D eigenvalue weighted by atomic mass is 16.2. The van der Waals surface area contributed by atoms with Gasteiger partial charge < -0.3 is 5.32 Å². The minimum atomic E-state index is -0.430. The second-order valence-electron chi connectivity index (χ2n) is 6.11. The maximum Gasteiger partial charge on any atom is 0.242 e. The first kappa shape index (κ1) is 17.8. The average molecular weight is 346 g/mol. The largest absolute Gasteiger partial charge is 0.350 e. The Morgan fingerprint density at radius 1 is 0.923 bits per heavy atom. The molecule has 1 aromatic carbocycles. The summed E-state index contributed by atoms with van der Waals surface area (Å²) in [5.41, 5.74) is 4.11. The van der Waals surface area contributed by atoms with Crippen LogP contribution in [0.5, 0.6) is 0 Å². The van der Waals surface area contributed by atoms with Crippen LogP contribution in [0.4, 0.5) is 0 Å². The highest BCUT2D eigenvalue weighted by molar-refractivity contribution is 5.83. The third-order valence-corrected chi connectivity index (χ3v) is 4.21. The smallest absolute Gasteiger partial charge is 0.242 e. The summed E-state index contributed by atoms with van der Waals surface area (Å²) in [4.78, 5) is 21.0. The Morgan fingerprint density at radius 3 is 2.46 bits per heavy atom. The molecular weight excluding hydrogens is 324 g/mol. The van der Waals surface area contributed by atoms with Crippen molar-refractivity contribution in [1.29, 1.82) is 0 Å².